The molecule has 0 spiro atoms. The zero-order chi connectivity index (χ0) is 32.4. The molecule has 0 radical (unpaired) electrons. The van der Waals surface area contributed by atoms with E-state index >= 15 is 0 Å². The largest absolute Gasteiger partial charge is 0.748 e. The predicted octanol–water partition coefficient (Wildman–Crippen LogP) is 4.10. The van der Waals surface area contributed by atoms with Crippen molar-refractivity contribution in [1.82, 2.24) is 0 Å². The summed E-state index contributed by atoms with van der Waals surface area (Å²) in [5.41, 5.74) is 18.6. The number of unbranched alkanes of at least 4 members (excludes halogenated alkanes) is 2. The molecule has 1 rings (SSSR count). The summed E-state index contributed by atoms with van der Waals surface area (Å²) in [6, 6.07) is 0. The van der Waals surface area contributed by atoms with Crippen LogP contribution in [0.5, 0.6) is 0 Å². The molecule has 0 unspecified atom stereocenters. The molecule has 0 aliphatic heterocycles. The van der Waals surface area contributed by atoms with Crippen molar-refractivity contribution in [3.63, 3.8) is 0 Å². The Kier molecular flexibility index (Phi) is 14.7. The first-order valence-electron chi connectivity index (χ1n) is 14.3. The number of nitrogens with two attached hydrogens (primary N) is 2. The number of nitrogens with zero attached hydrogens (tertiary/aromatic N) is 2. The van der Waals surface area contributed by atoms with E-state index in [1.165, 1.54) is 0 Å². The number of hydrogen-bond donors (Lipinski definition) is 2. The molecule has 0 aliphatic rings. The Bertz CT molecular complexity index is 1180. The molecule has 0 atom stereocenters. The van der Waals surface area contributed by atoms with Gasteiger partial charge in [-0.05, 0) is 71.6 Å². The van der Waals surface area contributed by atoms with Gasteiger partial charge in [0.1, 0.15) is 13.2 Å². The summed E-state index contributed by atoms with van der Waals surface area (Å²) < 4.78 is 65.1. The molecule has 12 nitrogen and oxygen atoms in total. The summed E-state index contributed by atoms with van der Waals surface area (Å²) in [6.07, 6.45) is 0.995. The molecule has 0 amide bonds. The van der Waals surface area contributed by atoms with Crippen LogP contribution in [0, 0.1) is 0 Å². The van der Waals surface area contributed by atoms with Crippen LogP contribution in [-0.2, 0) is 29.9 Å². The number of hydrogen-bond acceptors (Lipinski definition) is 10. The van der Waals surface area contributed by atoms with Crippen LogP contribution < -0.4 is 11.5 Å². The van der Waals surface area contributed by atoms with Gasteiger partial charge in [0.25, 0.3) is 0 Å². The van der Waals surface area contributed by atoms with Gasteiger partial charge in [-0.25, -0.2) is 16.8 Å². The van der Waals surface area contributed by atoms with Gasteiger partial charge in [-0.2, -0.15) is 0 Å². The molecule has 0 bridgehead atoms. The fourth-order valence-corrected chi connectivity index (χ4v) is 6.11. The van der Waals surface area contributed by atoms with Crippen molar-refractivity contribution in [2.45, 2.75) is 105 Å². The second-order valence-corrected chi connectivity index (χ2v) is 14.6. The molecule has 0 fully saturated rings. The Morgan fingerprint density at radius 3 is 1.07 bits per heavy atom. The fourth-order valence-electron chi connectivity index (χ4n) is 4.99. The van der Waals surface area contributed by atoms with Crippen LogP contribution >= 0.6 is 0 Å². The Morgan fingerprint density at radius 1 is 0.595 bits per heavy atom. The Morgan fingerprint density at radius 2 is 0.857 bits per heavy atom. The van der Waals surface area contributed by atoms with E-state index in [-0.39, 0.29) is 61.4 Å². The van der Waals surface area contributed by atoms with Gasteiger partial charge in [-0.3, -0.25) is 0 Å². The molecule has 1 aromatic carbocycles. The molecule has 242 valence electrons. The van der Waals surface area contributed by atoms with Crippen LogP contribution in [-0.4, -0.2) is 62.3 Å². The van der Waals surface area contributed by atoms with Crippen molar-refractivity contribution < 1.29 is 35.6 Å². The Balaban J connectivity index is 3.68. The Labute approximate surface area is 251 Å². The highest BCUT2D eigenvalue weighted by molar-refractivity contribution is 7.85. The molecular formula is C28H48N4O8S2-2. The zero-order valence-electron chi connectivity index (χ0n) is 26.1. The molecule has 0 saturated heterocycles. The summed E-state index contributed by atoms with van der Waals surface area (Å²) in [5.74, 6) is -0.514. The second kappa shape index (κ2) is 16.4. The minimum absolute atomic E-state index is 0.00799. The standard InChI is InChI=1S/C28H50N4O8S2/c1-17(2)21-22(18(3)4)26(28(30)32-40-14-10-12-16-42(36,37)38)24(20(7)8)23(19(5)6)25(21)27(29)31-39-13-9-11-15-41(33,34)35/h17-20H,9-16H2,1-8H3,(H2,29,31)(H2,30,32)(H,33,34,35)(H,36,37,38)/p-2. The number of rotatable bonds is 18. The van der Waals surface area contributed by atoms with Gasteiger partial charge in [-0.15, -0.1) is 0 Å². The van der Waals surface area contributed by atoms with Crippen molar-refractivity contribution in [2.24, 2.45) is 21.8 Å². The third-order valence-electron chi connectivity index (χ3n) is 6.57. The summed E-state index contributed by atoms with van der Waals surface area (Å²) in [5, 5.41) is 8.40. The molecule has 0 aromatic heterocycles. The summed E-state index contributed by atoms with van der Waals surface area (Å²) in [4.78, 5) is 10.9. The topological polar surface area (TPSA) is 210 Å². The molecule has 14 heteroatoms. The summed E-state index contributed by atoms with van der Waals surface area (Å²) in [6.45, 7) is 16.6. The van der Waals surface area contributed by atoms with Gasteiger partial charge in [-0.1, -0.05) is 65.7 Å². The highest BCUT2D eigenvalue weighted by Gasteiger charge is 2.32. The highest BCUT2D eigenvalue weighted by Crippen LogP contribution is 2.42. The lowest BCUT2D eigenvalue weighted by atomic mass is 9.73. The number of oxime groups is 2. The average Bonchev–Trinajstić information content (AvgIpc) is 2.84. The SMILES string of the molecule is CC(C)c1c(/C(N)=N/OCCCCS(=O)(=O)[O-])c(C(C)C)c(C(C)C)c(/C(N)=N/OCCCCS(=O)(=O)[O-])c1C(C)C. The van der Waals surface area contributed by atoms with Crippen LogP contribution in [0.4, 0.5) is 0 Å². The van der Waals surface area contributed by atoms with Crippen molar-refractivity contribution in [1.29, 1.82) is 0 Å². The van der Waals surface area contributed by atoms with Gasteiger partial charge in [0.05, 0.1) is 20.2 Å². The molecule has 0 aliphatic carbocycles. The third-order valence-corrected chi connectivity index (χ3v) is 8.14. The van der Waals surface area contributed by atoms with Crippen molar-refractivity contribution >= 4 is 31.9 Å². The number of amidine groups is 2. The normalized spacial score (nSPS) is 13.6. The van der Waals surface area contributed by atoms with Crippen molar-refractivity contribution in [3.8, 4) is 0 Å². The number of benzene rings is 1. The van der Waals surface area contributed by atoms with Gasteiger partial charge >= 0.3 is 0 Å². The maximum atomic E-state index is 10.8. The van der Waals surface area contributed by atoms with Crippen molar-refractivity contribution in [3.05, 3.63) is 33.4 Å². The van der Waals surface area contributed by atoms with Crippen LogP contribution in [0.2, 0.25) is 0 Å². The monoisotopic (exact) mass is 632 g/mol. The Hall–Kier alpha value is -2.42. The molecule has 4 N–H and O–H groups in total. The first-order chi connectivity index (χ1) is 19.3. The van der Waals surface area contributed by atoms with E-state index in [0.717, 1.165) is 33.4 Å². The lowest BCUT2D eigenvalue weighted by Crippen LogP contribution is -2.29. The summed E-state index contributed by atoms with van der Waals surface area (Å²) in [7, 11) is -8.56. The van der Waals surface area contributed by atoms with E-state index in [1.54, 1.807) is 0 Å². The average molecular weight is 633 g/mol. The van der Waals surface area contributed by atoms with Crippen LogP contribution in [0.15, 0.2) is 10.3 Å². The van der Waals surface area contributed by atoms with E-state index in [9.17, 15) is 25.9 Å². The van der Waals surface area contributed by atoms with E-state index in [4.69, 9.17) is 21.1 Å². The van der Waals surface area contributed by atoms with Gasteiger partial charge in [0.15, 0.2) is 11.7 Å². The lowest BCUT2D eigenvalue weighted by molar-refractivity contribution is 0.141. The van der Waals surface area contributed by atoms with Crippen molar-refractivity contribution in [2.75, 3.05) is 24.7 Å². The predicted molar refractivity (Wildman–Crippen MR) is 164 cm³/mol. The third kappa shape index (κ3) is 11.7. The van der Waals surface area contributed by atoms with Gasteiger partial charge in [0.2, 0.25) is 0 Å². The molecule has 42 heavy (non-hydrogen) atoms. The molecule has 0 heterocycles. The fraction of sp³-hybridized carbons (Fsp3) is 0.714. The lowest BCUT2D eigenvalue weighted by Gasteiger charge is -2.32. The first-order valence-corrected chi connectivity index (χ1v) is 17.5. The quantitative estimate of drug-likeness (QED) is 0.0777. The second-order valence-electron chi connectivity index (χ2n) is 11.6. The van der Waals surface area contributed by atoms with Crippen LogP contribution in [0.25, 0.3) is 0 Å². The van der Waals surface area contributed by atoms with Gasteiger partial charge in [0, 0.05) is 22.6 Å². The highest BCUT2D eigenvalue weighted by atomic mass is 32.2. The smallest absolute Gasteiger partial charge is 0.170 e. The minimum Gasteiger partial charge on any atom is -0.748 e. The first kappa shape index (κ1) is 37.6. The maximum absolute atomic E-state index is 10.8. The zero-order valence-corrected chi connectivity index (χ0v) is 27.7. The summed E-state index contributed by atoms with van der Waals surface area (Å²) >= 11 is 0. The maximum Gasteiger partial charge on any atom is 0.170 e. The molecule has 0 saturated carbocycles. The van der Waals surface area contributed by atoms with E-state index in [0.29, 0.717) is 12.8 Å². The van der Waals surface area contributed by atoms with E-state index < -0.39 is 31.7 Å². The van der Waals surface area contributed by atoms with E-state index in [1.807, 2.05) is 0 Å². The van der Waals surface area contributed by atoms with Crippen LogP contribution in [0.3, 0.4) is 0 Å². The van der Waals surface area contributed by atoms with Gasteiger partial charge < -0.3 is 30.2 Å². The minimum atomic E-state index is -4.28. The van der Waals surface area contributed by atoms with Crippen LogP contribution in [0.1, 0.15) is 138 Å². The molecular weight excluding hydrogens is 584 g/mol. The van der Waals surface area contributed by atoms with E-state index in [2.05, 4.69) is 65.7 Å². The molecule has 1 aromatic rings.